The van der Waals surface area contributed by atoms with Gasteiger partial charge in [0, 0.05) is 0 Å². The predicted molar refractivity (Wildman–Crippen MR) is 249 cm³/mol. The number of unbranched alkanes of at least 4 members (excludes halogenated alkanes) is 1. The van der Waals surface area contributed by atoms with Gasteiger partial charge in [0.1, 0.15) is 10.5 Å². The van der Waals surface area contributed by atoms with Gasteiger partial charge < -0.3 is 26.9 Å². The third-order valence-corrected chi connectivity index (χ3v) is 5.77. The Bertz CT molecular complexity index is 980. The van der Waals surface area contributed by atoms with Gasteiger partial charge in [0.2, 0.25) is 11.6 Å². The molecule has 2 aromatic carbocycles. The van der Waals surface area contributed by atoms with E-state index in [9.17, 15) is 14.4 Å². The highest BCUT2D eigenvalue weighted by Gasteiger charge is 2.28. The van der Waals surface area contributed by atoms with Crippen LogP contribution in [0.4, 0.5) is 0 Å². The minimum atomic E-state index is -0.803. The lowest BCUT2D eigenvalue weighted by Crippen LogP contribution is -2.47. The Hall–Kier alpha value is -2.71. The number of nitrogens with one attached hydrogen (secondary N) is 2. The molecule has 0 amide bonds. The fraction of sp³-hybridized carbons (Fsp3) is 0.681. The molecule has 0 saturated carbocycles. The summed E-state index contributed by atoms with van der Waals surface area (Å²) in [5.41, 5.74) is 6.15. The molecule has 6 N–H and O–H groups in total. The number of likely N-dealkylation sites (N-methyl/N-ethyl adjacent to an activating group) is 1. The molecule has 0 aliphatic rings. The van der Waals surface area contributed by atoms with Gasteiger partial charge in [-0.15, -0.1) is 0 Å². The van der Waals surface area contributed by atoms with Crippen LogP contribution in [-0.4, -0.2) is 56.1 Å². The second kappa shape index (κ2) is 68.3. The van der Waals surface area contributed by atoms with E-state index in [2.05, 4.69) is 35.9 Å². The van der Waals surface area contributed by atoms with Crippen molar-refractivity contribution in [2.45, 2.75) is 189 Å². The van der Waals surface area contributed by atoms with Crippen molar-refractivity contribution in [2.24, 2.45) is 17.4 Å². The van der Waals surface area contributed by atoms with E-state index in [1.165, 1.54) is 32.4 Å². The van der Waals surface area contributed by atoms with E-state index >= 15 is 0 Å². The molecule has 0 radical (unpaired) electrons. The van der Waals surface area contributed by atoms with E-state index < -0.39 is 36.0 Å². The monoisotopic (exact) mass is 770 g/mol. The van der Waals surface area contributed by atoms with Crippen LogP contribution >= 0.6 is 0 Å². The molecule has 54 heavy (non-hydrogen) atoms. The van der Waals surface area contributed by atoms with Gasteiger partial charge in [0.15, 0.2) is 0 Å². The summed E-state index contributed by atoms with van der Waals surface area (Å²) in [6.07, 6.45) is 4.47. The first-order chi connectivity index (χ1) is 27.1. The molecule has 0 bridgehead atoms. The van der Waals surface area contributed by atoms with E-state index in [-0.39, 0.29) is 7.43 Å². The molecule has 0 heterocycles. The van der Waals surface area contributed by atoms with Crippen molar-refractivity contribution in [1.29, 1.82) is 0 Å². The van der Waals surface area contributed by atoms with Crippen LogP contribution < -0.4 is 22.1 Å². The second-order valence-electron chi connectivity index (χ2n) is 9.91. The molecule has 0 aliphatic heterocycles. The van der Waals surface area contributed by atoms with E-state index in [0.717, 1.165) is 11.1 Å². The van der Waals surface area contributed by atoms with Gasteiger partial charge in [-0.05, 0) is 69.3 Å². The zero-order valence-corrected chi connectivity index (χ0v) is 38.5. The first-order valence-corrected chi connectivity index (χ1v) is 21.0. The van der Waals surface area contributed by atoms with Gasteiger partial charge in [-0.25, -0.2) is 0 Å². The number of aldehydes is 1. The molecule has 0 spiro atoms. The molecule has 0 aromatic heterocycles. The fourth-order valence-electron chi connectivity index (χ4n) is 3.61. The van der Waals surface area contributed by atoms with Crippen molar-refractivity contribution in [3.05, 3.63) is 71.8 Å². The Labute approximate surface area is 344 Å². The lowest BCUT2D eigenvalue weighted by molar-refractivity contribution is -0.138. The summed E-state index contributed by atoms with van der Waals surface area (Å²) in [4.78, 5) is 35.2. The summed E-state index contributed by atoms with van der Waals surface area (Å²) in [7, 11) is 1.68. The predicted octanol–water partition coefficient (Wildman–Crippen LogP) is 11.7. The van der Waals surface area contributed by atoms with Crippen molar-refractivity contribution in [2.75, 3.05) is 20.1 Å². The Kier molecular flexibility index (Phi) is 80.0. The Morgan fingerprint density at radius 3 is 1.43 bits per heavy atom. The molecule has 7 heteroatoms. The van der Waals surface area contributed by atoms with Crippen LogP contribution in [0, 0.1) is 5.92 Å². The molecule has 3 atom stereocenters. The van der Waals surface area contributed by atoms with Crippen LogP contribution in [-0.2, 0) is 27.2 Å². The maximum absolute atomic E-state index is 12.3. The minimum absolute atomic E-state index is 0. The van der Waals surface area contributed by atoms with Crippen LogP contribution in [0.25, 0.3) is 0 Å². The van der Waals surface area contributed by atoms with E-state index in [4.69, 9.17) is 4.19 Å². The third kappa shape index (κ3) is 53.6. The maximum atomic E-state index is 12.3. The number of hydrogen-bond acceptors (Lipinski definition) is 7. The highest BCUT2D eigenvalue weighted by Crippen LogP contribution is 2.08. The topological polar surface area (TPSA) is 127 Å². The number of carbonyl (C=O) groups is 3. The summed E-state index contributed by atoms with van der Waals surface area (Å²) in [5.74, 6) is -0.670. The van der Waals surface area contributed by atoms with E-state index in [1.807, 2.05) is 171 Å². The summed E-state index contributed by atoms with van der Waals surface area (Å²) < 4.78 is 21.0. The SMILES string of the molecule is C.CC.CC.CC.CC.CC.CC.CC.CCCCNCCC.[2H]N[C@@H](Cc1ccccc1)C(=O)C(=O)[C@H](CC(C)C)NC.[2H]N[C@@H](Cc1ccccc1)C([2H])=O. The number of rotatable bonds is 18. The normalized spacial score (nSPS) is 10.7. The van der Waals surface area contributed by atoms with E-state index in [1.54, 1.807) is 7.05 Å². The quantitative estimate of drug-likeness (QED) is 0.0675. The van der Waals surface area contributed by atoms with Gasteiger partial charge >= 0.3 is 0 Å². The second-order valence-corrected chi connectivity index (χ2v) is 9.91. The number of ketones is 2. The van der Waals surface area contributed by atoms with Crippen LogP contribution in [0.1, 0.15) is 170 Å². The van der Waals surface area contributed by atoms with Crippen molar-refractivity contribution < 1.29 is 18.6 Å². The van der Waals surface area contributed by atoms with Gasteiger partial charge in [-0.1, -0.05) is 199 Å². The van der Waals surface area contributed by atoms with Crippen molar-refractivity contribution in [3.8, 4) is 0 Å². The van der Waals surface area contributed by atoms with Gasteiger partial charge in [-0.2, -0.15) is 0 Å². The number of nitrogens with two attached hydrogens (primary N) is 2. The summed E-state index contributed by atoms with van der Waals surface area (Å²) >= 11 is 0. The zero-order valence-electron chi connectivity index (χ0n) is 41.5. The third-order valence-electron chi connectivity index (χ3n) is 5.77. The van der Waals surface area contributed by atoms with Crippen molar-refractivity contribution >= 4 is 17.8 Å². The lowest BCUT2D eigenvalue weighted by Gasteiger charge is -2.18. The maximum Gasteiger partial charge on any atom is 0.217 e. The molecular weight excluding hydrogens is 669 g/mol. The standard InChI is InChI=1S/C16H24N2O2.C9H11NO.C7H17N.7C2H6.CH4/c1-11(2)9-14(18-3)16(20)15(19)13(17)10-12-7-5-4-6-8-12;10-9(7-11)6-8-4-2-1-3-5-8;1-3-5-7-8-6-4-2;7*1-2;/h4-8,11,13-14,18H,9-10,17H2,1-3H3;1-5,7,9H,6,10H2;8H,3-7H2,1-2H3;7*1-2H3;1H4/t13-,14-;9-;;;;;;;;;/m00........./s1/i;7D;;;;;;;;;/hD2. The van der Waals surface area contributed by atoms with Crippen molar-refractivity contribution in [3.63, 3.8) is 0 Å². The molecule has 2 aromatic rings. The molecule has 0 unspecified atom stereocenters. The first-order valence-electron chi connectivity index (χ1n) is 22.5. The molecule has 2 rings (SSSR count). The average Bonchev–Trinajstić information content (AvgIpc) is 3.28. The number of hydrogen-bond donors (Lipinski definition) is 4. The Morgan fingerprint density at radius 1 is 0.685 bits per heavy atom. The lowest BCUT2D eigenvalue weighted by atomic mass is 9.93. The number of Topliss-reactive ketones (excluding diaryl/α,β-unsaturated/α-hetero) is 2. The molecule has 0 aliphatic carbocycles. The fourth-order valence-corrected chi connectivity index (χ4v) is 3.61. The van der Waals surface area contributed by atoms with Crippen molar-refractivity contribution in [1.82, 2.24) is 10.6 Å². The van der Waals surface area contributed by atoms with Crippen LogP contribution in [0.2, 0.25) is 2.82 Å². The largest absolute Gasteiger partial charge is 0.321 e. The van der Waals surface area contributed by atoms with E-state index in [0.29, 0.717) is 25.2 Å². The molecular formula is C47H98N4O3. The van der Waals surface area contributed by atoms with Gasteiger partial charge in [-0.3, -0.25) is 9.59 Å². The smallest absolute Gasteiger partial charge is 0.217 e. The average molecular weight is 770 g/mol. The summed E-state index contributed by atoms with van der Waals surface area (Å²) in [6.45, 7) is 38.8. The van der Waals surface area contributed by atoms with Crippen LogP contribution in [0.15, 0.2) is 60.7 Å². The Morgan fingerprint density at radius 2 is 1.11 bits per heavy atom. The number of carbonyl (C=O) groups excluding carboxylic acids is 3. The Balaban J connectivity index is -0.0000000788. The number of benzene rings is 2. The minimum Gasteiger partial charge on any atom is -0.321 e. The summed E-state index contributed by atoms with van der Waals surface area (Å²) in [5, 5.41) is 6.23. The highest BCUT2D eigenvalue weighted by atomic mass is 16.2. The van der Waals surface area contributed by atoms with Crippen LogP contribution in [0.3, 0.4) is 0 Å². The molecule has 0 saturated heterocycles. The van der Waals surface area contributed by atoms with Crippen LogP contribution in [0.5, 0.6) is 0 Å². The van der Waals surface area contributed by atoms with Gasteiger partial charge in [0.25, 0.3) is 0 Å². The zero-order chi connectivity index (χ0) is 45.8. The highest BCUT2D eigenvalue weighted by molar-refractivity contribution is 6.41. The van der Waals surface area contributed by atoms with Gasteiger partial charge in [0.05, 0.1) is 18.1 Å². The molecule has 324 valence electrons. The molecule has 0 fully saturated rings. The first kappa shape index (κ1) is 63.2. The molecule has 7 nitrogen and oxygen atoms in total. The summed E-state index contributed by atoms with van der Waals surface area (Å²) in [6, 6.07) is 16.7.